The SMILES string of the molecule is O=C(CC1CNC1)Nc1ccccc1N1CCCCC1. The molecule has 2 aliphatic rings. The Labute approximate surface area is 120 Å². The van der Waals surface area contributed by atoms with Crippen molar-refractivity contribution >= 4 is 17.3 Å². The predicted molar refractivity (Wildman–Crippen MR) is 82.1 cm³/mol. The first kappa shape index (κ1) is 13.4. The van der Waals surface area contributed by atoms with Gasteiger partial charge in [-0.15, -0.1) is 0 Å². The van der Waals surface area contributed by atoms with Crippen molar-refractivity contribution in [2.24, 2.45) is 5.92 Å². The highest BCUT2D eigenvalue weighted by Gasteiger charge is 2.21. The van der Waals surface area contributed by atoms with E-state index in [1.54, 1.807) is 0 Å². The number of benzene rings is 1. The average molecular weight is 273 g/mol. The maximum Gasteiger partial charge on any atom is 0.224 e. The van der Waals surface area contributed by atoms with Crippen molar-refractivity contribution in [2.45, 2.75) is 25.7 Å². The zero-order valence-electron chi connectivity index (χ0n) is 11.9. The fraction of sp³-hybridized carbons (Fsp3) is 0.562. The minimum absolute atomic E-state index is 0.140. The first-order valence-corrected chi connectivity index (χ1v) is 7.67. The van der Waals surface area contributed by atoms with Gasteiger partial charge in [0, 0.05) is 19.5 Å². The highest BCUT2D eigenvalue weighted by atomic mass is 16.1. The molecule has 0 aromatic heterocycles. The van der Waals surface area contributed by atoms with Gasteiger partial charge in [0.05, 0.1) is 11.4 Å². The van der Waals surface area contributed by atoms with E-state index in [0.717, 1.165) is 31.9 Å². The van der Waals surface area contributed by atoms with Crippen LogP contribution in [0.2, 0.25) is 0 Å². The summed E-state index contributed by atoms with van der Waals surface area (Å²) in [4.78, 5) is 14.5. The van der Waals surface area contributed by atoms with Crippen molar-refractivity contribution in [3.63, 3.8) is 0 Å². The number of amides is 1. The molecule has 0 radical (unpaired) electrons. The zero-order valence-corrected chi connectivity index (χ0v) is 11.9. The summed E-state index contributed by atoms with van der Waals surface area (Å²) in [7, 11) is 0. The number of carbonyl (C=O) groups is 1. The monoisotopic (exact) mass is 273 g/mol. The summed E-state index contributed by atoms with van der Waals surface area (Å²) in [6.07, 6.45) is 4.44. The molecule has 0 unspecified atom stereocenters. The second kappa shape index (κ2) is 6.27. The minimum Gasteiger partial charge on any atom is -0.370 e. The van der Waals surface area contributed by atoms with E-state index in [-0.39, 0.29) is 5.91 Å². The van der Waals surface area contributed by atoms with Crippen molar-refractivity contribution in [3.8, 4) is 0 Å². The molecule has 4 nitrogen and oxygen atoms in total. The summed E-state index contributed by atoms with van der Waals surface area (Å²) in [5.74, 6) is 0.651. The molecule has 0 spiro atoms. The van der Waals surface area contributed by atoms with E-state index < -0.39 is 0 Å². The Balaban J connectivity index is 1.66. The third-order valence-corrected chi connectivity index (χ3v) is 4.21. The number of piperidine rings is 1. The number of para-hydroxylation sites is 2. The van der Waals surface area contributed by atoms with Gasteiger partial charge in [-0.1, -0.05) is 12.1 Å². The van der Waals surface area contributed by atoms with Crippen molar-refractivity contribution in [1.29, 1.82) is 0 Å². The lowest BCUT2D eigenvalue weighted by Gasteiger charge is -2.31. The van der Waals surface area contributed by atoms with Crippen molar-refractivity contribution in [2.75, 3.05) is 36.4 Å². The van der Waals surface area contributed by atoms with E-state index in [1.807, 2.05) is 12.1 Å². The number of nitrogens with zero attached hydrogens (tertiary/aromatic N) is 1. The summed E-state index contributed by atoms with van der Waals surface area (Å²) >= 11 is 0. The summed E-state index contributed by atoms with van der Waals surface area (Å²) in [6.45, 7) is 4.14. The molecule has 1 aromatic rings. The highest BCUT2D eigenvalue weighted by molar-refractivity contribution is 5.94. The molecule has 2 fully saturated rings. The van der Waals surface area contributed by atoms with Crippen molar-refractivity contribution in [1.82, 2.24) is 5.32 Å². The Hall–Kier alpha value is -1.55. The first-order valence-electron chi connectivity index (χ1n) is 7.67. The number of anilines is 2. The molecule has 108 valence electrons. The standard InChI is InChI=1S/C16H23N3O/c20-16(10-13-11-17-12-13)18-14-6-2-3-7-15(14)19-8-4-1-5-9-19/h2-3,6-7,13,17H,1,4-5,8-12H2,(H,18,20). The van der Waals surface area contributed by atoms with Gasteiger partial charge < -0.3 is 15.5 Å². The van der Waals surface area contributed by atoms with Crippen LogP contribution in [0.3, 0.4) is 0 Å². The number of nitrogens with one attached hydrogen (secondary N) is 2. The molecule has 2 heterocycles. The van der Waals surface area contributed by atoms with E-state index in [4.69, 9.17) is 0 Å². The summed E-state index contributed by atoms with van der Waals surface area (Å²) < 4.78 is 0. The quantitative estimate of drug-likeness (QED) is 0.884. The molecule has 2 saturated heterocycles. The van der Waals surface area contributed by atoms with Crippen LogP contribution in [-0.4, -0.2) is 32.1 Å². The lowest BCUT2D eigenvalue weighted by Crippen LogP contribution is -2.43. The highest BCUT2D eigenvalue weighted by Crippen LogP contribution is 2.28. The Kier molecular flexibility index (Phi) is 4.21. The number of hydrogen-bond donors (Lipinski definition) is 2. The Morgan fingerprint density at radius 2 is 1.95 bits per heavy atom. The first-order chi connectivity index (χ1) is 9.83. The minimum atomic E-state index is 0.140. The van der Waals surface area contributed by atoms with Gasteiger partial charge in [0.25, 0.3) is 0 Å². The molecule has 0 atom stereocenters. The fourth-order valence-corrected chi connectivity index (χ4v) is 2.95. The smallest absolute Gasteiger partial charge is 0.224 e. The lowest BCUT2D eigenvalue weighted by atomic mass is 9.99. The Bertz CT molecular complexity index is 465. The van der Waals surface area contributed by atoms with Crippen molar-refractivity contribution in [3.05, 3.63) is 24.3 Å². The normalized spacial score (nSPS) is 19.5. The van der Waals surface area contributed by atoms with Crippen LogP contribution in [0.25, 0.3) is 0 Å². The van der Waals surface area contributed by atoms with E-state index in [1.165, 1.54) is 24.9 Å². The van der Waals surface area contributed by atoms with Gasteiger partial charge in [-0.3, -0.25) is 4.79 Å². The third-order valence-electron chi connectivity index (χ3n) is 4.21. The maximum atomic E-state index is 12.1. The van der Waals surface area contributed by atoms with Crippen LogP contribution in [0.1, 0.15) is 25.7 Å². The lowest BCUT2D eigenvalue weighted by molar-refractivity contribution is -0.117. The molecule has 3 rings (SSSR count). The van der Waals surface area contributed by atoms with Crippen LogP contribution in [0, 0.1) is 5.92 Å². The molecule has 1 aromatic carbocycles. The third kappa shape index (κ3) is 3.12. The molecule has 0 aliphatic carbocycles. The van der Waals surface area contributed by atoms with Crippen LogP contribution in [-0.2, 0) is 4.79 Å². The maximum absolute atomic E-state index is 12.1. The number of rotatable bonds is 4. The average Bonchev–Trinajstić information content (AvgIpc) is 2.45. The van der Waals surface area contributed by atoms with Gasteiger partial charge in [-0.05, 0) is 50.4 Å². The largest absolute Gasteiger partial charge is 0.370 e. The van der Waals surface area contributed by atoms with Gasteiger partial charge in [-0.25, -0.2) is 0 Å². The molecule has 0 saturated carbocycles. The van der Waals surface area contributed by atoms with E-state index in [9.17, 15) is 4.79 Å². The van der Waals surface area contributed by atoms with E-state index in [0.29, 0.717) is 12.3 Å². The molecular formula is C16H23N3O. The Morgan fingerprint density at radius 1 is 1.20 bits per heavy atom. The Morgan fingerprint density at radius 3 is 2.65 bits per heavy atom. The summed E-state index contributed by atoms with van der Waals surface area (Å²) in [5.41, 5.74) is 2.14. The molecule has 2 aliphatic heterocycles. The van der Waals surface area contributed by atoms with Crippen molar-refractivity contribution < 1.29 is 4.79 Å². The second-order valence-electron chi connectivity index (χ2n) is 5.84. The van der Waals surface area contributed by atoms with Gasteiger partial charge in [-0.2, -0.15) is 0 Å². The predicted octanol–water partition coefficient (Wildman–Crippen LogP) is 2.22. The van der Waals surface area contributed by atoms with Crippen LogP contribution < -0.4 is 15.5 Å². The van der Waals surface area contributed by atoms with Gasteiger partial charge in [0.15, 0.2) is 0 Å². The summed E-state index contributed by atoms with van der Waals surface area (Å²) in [6, 6.07) is 8.18. The fourth-order valence-electron chi connectivity index (χ4n) is 2.95. The van der Waals surface area contributed by atoms with Crippen LogP contribution in [0.15, 0.2) is 24.3 Å². The molecule has 0 bridgehead atoms. The van der Waals surface area contributed by atoms with Crippen LogP contribution in [0.5, 0.6) is 0 Å². The van der Waals surface area contributed by atoms with E-state index >= 15 is 0 Å². The number of hydrogen-bond acceptors (Lipinski definition) is 3. The van der Waals surface area contributed by atoms with E-state index in [2.05, 4.69) is 27.7 Å². The van der Waals surface area contributed by atoms with Gasteiger partial charge in [0.1, 0.15) is 0 Å². The van der Waals surface area contributed by atoms with Gasteiger partial charge in [0.2, 0.25) is 5.91 Å². The molecule has 20 heavy (non-hydrogen) atoms. The molecular weight excluding hydrogens is 250 g/mol. The van der Waals surface area contributed by atoms with Crippen LogP contribution in [0.4, 0.5) is 11.4 Å². The van der Waals surface area contributed by atoms with Gasteiger partial charge >= 0.3 is 0 Å². The second-order valence-corrected chi connectivity index (χ2v) is 5.84. The zero-order chi connectivity index (χ0) is 13.8. The number of carbonyl (C=O) groups excluding carboxylic acids is 1. The summed E-state index contributed by atoms with van der Waals surface area (Å²) in [5, 5.41) is 6.30. The molecule has 2 N–H and O–H groups in total. The molecule has 1 amide bonds. The molecule has 4 heteroatoms. The van der Waals surface area contributed by atoms with Crippen LogP contribution >= 0.6 is 0 Å². The topological polar surface area (TPSA) is 44.4 Å².